The third-order valence-electron chi connectivity index (χ3n) is 2.26. The molecule has 0 saturated heterocycles. The third kappa shape index (κ3) is 4.21. The van der Waals surface area contributed by atoms with Gasteiger partial charge in [0.1, 0.15) is 6.04 Å². The van der Waals surface area contributed by atoms with Gasteiger partial charge in [0.25, 0.3) is 0 Å². The van der Waals surface area contributed by atoms with Gasteiger partial charge in [-0.25, -0.2) is 4.79 Å². The van der Waals surface area contributed by atoms with Gasteiger partial charge in [-0.05, 0) is 5.41 Å². The van der Waals surface area contributed by atoms with Crippen molar-refractivity contribution < 1.29 is 14.3 Å². The summed E-state index contributed by atoms with van der Waals surface area (Å²) < 4.78 is 4.70. The predicted molar refractivity (Wildman–Crippen MR) is 62.9 cm³/mol. The van der Waals surface area contributed by atoms with Crippen LogP contribution in [0.2, 0.25) is 0 Å². The Labute approximate surface area is 97.7 Å². The largest absolute Gasteiger partial charge is 0.467 e. The molecule has 94 valence electrons. The van der Waals surface area contributed by atoms with Gasteiger partial charge in [0.2, 0.25) is 5.91 Å². The molecule has 0 unspecified atom stereocenters. The standard InChI is InChI=1S/C12H23NO3/c1-11(2,3)8(9(14)16-7)13-10(15)12(4,5)6/h8H,1-7H3,(H,13,15)/t8-/m1/s1. The van der Waals surface area contributed by atoms with Crippen LogP contribution in [0.1, 0.15) is 41.5 Å². The molecule has 0 bridgehead atoms. The van der Waals surface area contributed by atoms with Gasteiger partial charge in [-0.3, -0.25) is 4.79 Å². The fraction of sp³-hybridized carbons (Fsp3) is 0.833. The molecule has 4 heteroatoms. The van der Waals surface area contributed by atoms with Crippen molar-refractivity contribution in [3.63, 3.8) is 0 Å². The van der Waals surface area contributed by atoms with Crippen LogP contribution in [0.4, 0.5) is 0 Å². The molecule has 0 rings (SSSR count). The molecule has 0 radical (unpaired) electrons. The minimum Gasteiger partial charge on any atom is -0.467 e. The second kappa shape index (κ2) is 4.85. The number of ether oxygens (including phenoxy) is 1. The van der Waals surface area contributed by atoms with Gasteiger partial charge in [0.15, 0.2) is 0 Å². The quantitative estimate of drug-likeness (QED) is 0.734. The Hall–Kier alpha value is -1.06. The maximum Gasteiger partial charge on any atom is 0.328 e. The summed E-state index contributed by atoms with van der Waals surface area (Å²) in [6.45, 7) is 11.1. The van der Waals surface area contributed by atoms with Gasteiger partial charge >= 0.3 is 5.97 Å². The summed E-state index contributed by atoms with van der Waals surface area (Å²) in [7, 11) is 1.32. The molecular formula is C12H23NO3. The van der Waals surface area contributed by atoms with Crippen molar-refractivity contribution in [3.8, 4) is 0 Å². The molecule has 0 heterocycles. The van der Waals surface area contributed by atoms with E-state index in [1.165, 1.54) is 7.11 Å². The van der Waals surface area contributed by atoms with Crippen molar-refractivity contribution in [1.29, 1.82) is 0 Å². The van der Waals surface area contributed by atoms with Crippen LogP contribution in [-0.4, -0.2) is 25.0 Å². The number of carbonyl (C=O) groups is 2. The zero-order valence-electron chi connectivity index (χ0n) is 11.3. The zero-order chi connectivity index (χ0) is 13.1. The number of esters is 1. The van der Waals surface area contributed by atoms with Gasteiger partial charge in [-0.1, -0.05) is 41.5 Å². The van der Waals surface area contributed by atoms with Crippen molar-refractivity contribution in [2.45, 2.75) is 47.6 Å². The summed E-state index contributed by atoms with van der Waals surface area (Å²) in [5, 5.41) is 2.73. The average molecular weight is 229 g/mol. The van der Waals surface area contributed by atoms with Crippen molar-refractivity contribution in [2.24, 2.45) is 10.8 Å². The molecule has 0 aliphatic carbocycles. The first-order valence-corrected chi connectivity index (χ1v) is 5.39. The highest BCUT2D eigenvalue weighted by molar-refractivity contribution is 5.87. The van der Waals surface area contributed by atoms with E-state index >= 15 is 0 Å². The fourth-order valence-electron chi connectivity index (χ4n) is 1.09. The minimum atomic E-state index is -0.621. The molecule has 0 aromatic rings. The van der Waals surface area contributed by atoms with Gasteiger partial charge in [0.05, 0.1) is 7.11 Å². The van der Waals surface area contributed by atoms with E-state index in [0.29, 0.717) is 0 Å². The minimum absolute atomic E-state index is 0.155. The number of methoxy groups -OCH3 is 1. The first kappa shape index (κ1) is 14.9. The van der Waals surface area contributed by atoms with Crippen molar-refractivity contribution in [3.05, 3.63) is 0 Å². The van der Waals surface area contributed by atoms with Crippen LogP contribution in [0.25, 0.3) is 0 Å². The lowest BCUT2D eigenvalue weighted by Crippen LogP contribution is -2.52. The van der Waals surface area contributed by atoms with E-state index < -0.39 is 17.4 Å². The van der Waals surface area contributed by atoms with Crippen LogP contribution >= 0.6 is 0 Å². The van der Waals surface area contributed by atoms with E-state index in [1.807, 2.05) is 20.8 Å². The van der Waals surface area contributed by atoms with E-state index in [0.717, 1.165) is 0 Å². The van der Waals surface area contributed by atoms with Crippen LogP contribution in [0.15, 0.2) is 0 Å². The average Bonchev–Trinajstić information content (AvgIpc) is 2.09. The van der Waals surface area contributed by atoms with Gasteiger partial charge in [-0.2, -0.15) is 0 Å². The molecular weight excluding hydrogens is 206 g/mol. The summed E-state index contributed by atoms with van der Waals surface area (Å²) in [5.41, 5.74) is -0.883. The van der Waals surface area contributed by atoms with Crippen molar-refractivity contribution >= 4 is 11.9 Å². The second-order valence-electron chi connectivity index (χ2n) is 6.05. The third-order valence-corrected chi connectivity index (χ3v) is 2.26. The monoisotopic (exact) mass is 229 g/mol. The molecule has 16 heavy (non-hydrogen) atoms. The SMILES string of the molecule is COC(=O)[C@@H](NC(=O)C(C)(C)C)C(C)(C)C. The van der Waals surface area contributed by atoms with E-state index in [4.69, 9.17) is 4.74 Å². The number of amides is 1. The van der Waals surface area contributed by atoms with Gasteiger partial charge in [-0.15, -0.1) is 0 Å². The number of nitrogens with one attached hydrogen (secondary N) is 1. The molecule has 1 amide bonds. The molecule has 1 atom stereocenters. The van der Waals surface area contributed by atoms with Crippen LogP contribution in [0.5, 0.6) is 0 Å². The van der Waals surface area contributed by atoms with Crippen LogP contribution < -0.4 is 5.32 Å². The Kier molecular flexibility index (Phi) is 4.53. The van der Waals surface area contributed by atoms with Crippen LogP contribution in [-0.2, 0) is 14.3 Å². The Bertz CT molecular complexity index is 271. The van der Waals surface area contributed by atoms with Crippen molar-refractivity contribution in [2.75, 3.05) is 7.11 Å². The summed E-state index contributed by atoms with van der Waals surface area (Å²) in [6, 6.07) is -0.621. The topological polar surface area (TPSA) is 55.4 Å². The summed E-state index contributed by atoms with van der Waals surface area (Å²) in [4.78, 5) is 23.4. The Morgan fingerprint density at radius 1 is 1.06 bits per heavy atom. The first-order chi connectivity index (χ1) is 7.00. The summed E-state index contributed by atoms with van der Waals surface area (Å²) in [5.74, 6) is -0.567. The maximum atomic E-state index is 11.8. The molecule has 1 N–H and O–H groups in total. The van der Waals surface area contributed by atoms with E-state index in [2.05, 4.69) is 5.32 Å². The highest BCUT2D eigenvalue weighted by Gasteiger charge is 2.36. The predicted octanol–water partition coefficient (Wildman–Crippen LogP) is 1.74. The highest BCUT2D eigenvalue weighted by atomic mass is 16.5. The smallest absolute Gasteiger partial charge is 0.328 e. The Morgan fingerprint density at radius 2 is 1.50 bits per heavy atom. The summed E-state index contributed by atoms with van der Waals surface area (Å²) >= 11 is 0. The molecule has 4 nitrogen and oxygen atoms in total. The van der Waals surface area contributed by atoms with E-state index in [1.54, 1.807) is 20.8 Å². The van der Waals surface area contributed by atoms with E-state index in [9.17, 15) is 9.59 Å². The number of hydrogen-bond acceptors (Lipinski definition) is 3. The lowest BCUT2D eigenvalue weighted by molar-refractivity contribution is -0.149. The molecule has 0 aromatic heterocycles. The maximum absolute atomic E-state index is 11.8. The van der Waals surface area contributed by atoms with Crippen LogP contribution in [0, 0.1) is 10.8 Å². The highest BCUT2D eigenvalue weighted by Crippen LogP contribution is 2.22. The summed E-state index contributed by atoms with van der Waals surface area (Å²) in [6.07, 6.45) is 0. The molecule has 0 aliphatic rings. The lowest BCUT2D eigenvalue weighted by atomic mass is 9.85. The number of rotatable bonds is 2. The lowest BCUT2D eigenvalue weighted by Gasteiger charge is -2.31. The fourth-order valence-corrected chi connectivity index (χ4v) is 1.09. The molecule has 0 aliphatic heterocycles. The Balaban J connectivity index is 4.84. The number of carbonyl (C=O) groups excluding carboxylic acids is 2. The van der Waals surface area contributed by atoms with E-state index in [-0.39, 0.29) is 11.3 Å². The van der Waals surface area contributed by atoms with Crippen LogP contribution in [0.3, 0.4) is 0 Å². The number of hydrogen-bond donors (Lipinski definition) is 1. The van der Waals surface area contributed by atoms with Gasteiger partial charge in [0, 0.05) is 5.41 Å². The normalized spacial score (nSPS) is 14.2. The zero-order valence-corrected chi connectivity index (χ0v) is 11.3. The molecule has 0 spiro atoms. The van der Waals surface area contributed by atoms with Crippen molar-refractivity contribution in [1.82, 2.24) is 5.32 Å². The second-order valence-corrected chi connectivity index (χ2v) is 6.05. The molecule has 0 aromatic carbocycles. The first-order valence-electron chi connectivity index (χ1n) is 5.39. The van der Waals surface area contributed by atoms with Gasteiger partial charge < -0.3 is 10.1 Å². The Morgan fingerprint density at radius 3 is 1.75 bits per heavy atom. The molecule has 0 fully saturated rings. The molecule has 0 saturated carbocycles.